The molecule has 0 amide bonds. The van der Waals surface area contributed by atoms with Crippen molar-refractivity contribution in [1.82, 2.24) is 9.97 Å². The smallest absolute Gasteiger partial charge is 0.254 e. The number of aryl methyl sites for hydroxylation is 1. The first-order valence-corrected chi connectivity index (χ1v) is 4.75. The van der Waals surface area contributed by atoms with Crippen LogP contribution in [0.4, 0.5) is 0 Å². The summed E-state index contributed by atoms with van der Waals surface area (Å²) in [5.41, 5.74) is 6.73. The number of hydrogen-bond acceptors (Lipinski definition) is 3. The molecule has 0 aliphatic heterocycles. The van der Waals surface area contributed by atoms with E-state index in [2.05, 4.69) is 9.97 Å². The van der Waals surface area contributed by atoms with E-state index >= 15 is 0 Å². The molecule has 78 valence electrons. The molecule has 4 heteroatoms. The Morgan fingerprint density at radius 3 is 2.50 bits per heavy atom. The summed E-state index contributed by atoms with van der Waals surface area (Å²) >= 11 is 0. The monoisotopic (exact) mass is 195 g/mol. The summed E-state index contributed by atoms with van der Waals surface area (Å²) in [5.74, 6) is 0.563. The van der Waals surface area contributed by atoms with Crippen LogP contribution in [-0.2, 0) is 5.54 Å². The lowest BCUT2D eigenvalue weighted by Gasteiger charge is -2.21. The number of H-pyrrole nitrogens is 1. The number of nitrogens with zero attached hydrogens (tertiary/aromatic N) is 1. The Balaban J connectivity index is 3.33. The van der Waals surface area contributed by atoms with E-state index in [1.54, 1.807) is 6.92 Å². The number of hydrogen-bond donors (Lipinski definition) is 2. The zero-order chi connectivity index (χ0) is 10.9. The number of rotatable bonds is 2. The van der Waals surface area contributed by atoms with Crippen molar-refractivity contribution in [2.24, 2.45) is 5.73 Å². The van der Waals surface area contributed by atoms with Gasteiger partial charge in [-0.3, -0.25) is 4.79 Å². The molecule has 4 nitrogen and oxygen atoms in total. The molecule has 1 rings (SSSR count). The highest BCUT2D eigenvalue weighted by atomic mass is 16.1. The van der Waals surface area contributed by atoms with Crippen molar-refractivity contribution in [1.29, 1.82) is 0 Å². The van der Waals surface area contributed by atoms with E-state index in [4.69, 9.17) is 5.73 Å². The Bertz CT molecular complexity index is 393. The second-order valence-corrected chi connectivity index (χ2v) is 3.90. The van der Waals surface area contributed by atoms with Gasteiger partial charge in [0.2, 0.25) is 0 Å². The minimum Gasteiger partial charge on any atom is -0.319 e. The first-order valence-electron chi connectivity index (χ1n) is 4.75. The minimum atomic E-state index is -0.558. The van der Waals surface area contributed by atoms with Gasteiger partial charge in [0.1, 0.15) is 5.82 Å². The van der Waals surface area contributed by atoms with Gasteiger partial charge in [0.15, 0.2) is 0 Å². The molecule has 0 aromatic carbocycles. The summed E-state index contributed by atoms with van der Waals surface area (Å²) in [6.45, 7) is 7.40. The summed E-state index contributed by atoms with van der Waals surface area (Å²) in [4.78, 5) is 18.5. The van der Waals surface area contributed by atoms with Gasteiger partial charge >= 0.3 is 0 Å². The first kappa shape index (κ1) is 10.9. The fourth-order valence-electron chi connectivity index (χ4n) is 1.08. The first-order chi connectivity index (χ1) is 6.38. The molecule has 14 heavy (non-hydrogen) atoms. The lowest BCUT2D eigenvalue weighted by molar-refractivity contribution is 0.442. The van der Waals surface area contributed by atoms with Crippen LogP contribution in [0.15, 0.2) is 4.79 Å². The molecular weight excluding hydrogens is 178 g/mol. The highest BCUT2D eigenvalue weighted by molar-refractivity contribution is 5.16. The summed E-state index contributed by atoms with van der Waals surface area (Å²) in [6.07, 6.45) is 0.735. The fourth-order valence-corrected chi connectivity index (χ4v) is 1.08. The van der Waals surface area contributed by atoms with Gasteiger partial charge in [-0.15, -0.1) is 0 Å². The van der Waals surface area contributed by atoms with Gasteiger partial charge < -0.3 is 10.7 Å². The van der Waals surface area contributed by atoms with Crippen molar-refractivity contribution in [2.75, 3.05) is 0 Å². The molecular formula is C10H17N3O. The third kappa shape index (κ3) is 1.85. The maximum atomic E-state index is 11.5. The summed E-state index contributed by atoms with van der Waals surface area (Å²) in [7, 11) is 0. The molecule has 1 heterocycles. The fraction of sp³-hybridized carbons (Fsp3) is 0.600. The van der Waals surface area contributed by atoms with E-state index in [0.29, 0.717) is 11.4 Å². The molecule has 0 bridgehead atoms. The minimum absolute atomic E-state index is 0.0994. The topological polar surface area (TPSA) is 71.8 Å². The van der Waals surface area contributed by atoms with E-state index < -0.39 is 5.54 Å². The molecule has 1 atom stereocenters. The van der Waals surface area contributed by atoms with Crippen LogP contribution >= 0.6 is 0 Å². The highest BCUT2D eigenvalue weighted by Crippen LogP contribution is 2.16. The Kier molecular flexibility index (Phi) is 2.76. The quantitative estimate of drug-likeness (QED) is 0.738. The third-order valence-corrected chi connectivity index (χ3v) is 2.67. The van der Waals surface area contributed by atoms with Crippen LogP contribution in [0.25, 0.3) is 0 Å². The van der Waals surface area contributed by atoms with Gasteiger partial charge in [-0.05, 0) is 27.2 Å². The Labute approximate surface area is 83.6 Å². The van der Waals surface area contributed by atoms with Gasteiger partial charge in [0.05, 0.1) is 5.54 Å². The Hall–Kier alpha value is -1.16. The van der Waals surface area contributed by atoms with Crippen molar-refractivity contribution < 1.29 is 0 Å². The van der Waals surface area contributed by atoms with E-state index in [1.807, 2.05) is 20.8 Å². The number of nitrogens with one attached hydrogen (secondary N) is 1. The van der Waals surface area contributed by atoms with Gasteiger partial charge in [-0.2, -0.15) is 0 Å². The number of aromatic nitrogens is 2. The van der Waals surface area contributed by atoms with Gasteiger partial charge in [-0.1, -0.05) is 6.92 Å². The zero-order valence-corrected chi connectivity index (χ0v) is 9.14. The molecule has 0 saturated heterocycles. The molecule has 0 saturated carbocycles. The Morgan fingerprint density at radius 1 is 1.50 bits per heavy atom. The van der Waals surface area contributed by atoms with Crippen LogP contribution < -0.4 is 11.3 Å². The normalized spacial score (nSPS) is 15.2. The predicted molar refractivity (Wildman–Crippen MR) is 56.2 cm³/mol. The van der Waals surface area contributed by atoms with Crippen LogP contribution in [0.3, 0.4) is 0 Å². The number of nitrogens with two attached hydrogens (primary N) is 1. The van der Waals surface area contributed by atoms with Gasteiger partial charge in [0, 0.05) is 11.3 Å². The lowest BCUT2D eigenvalue weighted by atomic mass is 9.99. The van der Waals surface area contributed by atoms with Crippen molar-refractivity contribution >= 4 is 0 Å². The average molecular weight is 195 g/mol. The van der Waals surface area contributed by atoms with Crippen LogP contribution in [-0.4, -0.2) is 9.97 Å². The zero-order valence-electron chi connectivity index (χ0n) is 9.14. The second kappa shape index (κ2) is 3.53. The van der Waals surface area contributed by atoms with Crippen LogP contribution in [0.1, 0.15) is 37.4 Å². The summed E-state index contributed by atoms with van der Waals surface area (Å²) < 4.78 is 0. The Morgan fingerprint density at radius 2 is 2.07 bits per heavy atom. The highest BCUT2D eigenvalue weighted by Gasteiger charge is 2.22. The molecule has 0 unspecified atom stereocenters. The molecule has 0 spiro atoms. The molecule has 0 fully saturated rings. The second-order valence-electron chi connectivity index (χ2n) is 3.90. The molecule has 0 aliphatic rings. The maximum absolute atomic E-state index is 11.5. The van der Waals surface area contributed by atoms with Gasteiger partial charge in [-0.25, -0.2) is 4.98 Å². The van der Waals surface area contributed by atoms with Gasteiger partial charge in [0.25, 0.3) is 5.56 Å². The van der Waals surface area contributed by atoms with E-state index in [0.717, 1.165) is 12.1 Å². The lowest BCUT2D eigenvalue weighted by Crippen LogP contribution is -2.36. The van der Waals surface area contributed by atoms with E-state index in [1.165, 1.54) is 0 Å². The van der Waals surface area contributed by atoms with Crippen molar-refractivity contribution in [3.8, 4) is 0 Å². The molecule has 1 aromatic rings. The molecule has 0 aliphatic carbocycles. The summed E-state index contributed by atoms with van der Waals surface area (Å²) in [6, 6.07) is 0. The molecule has 1 aromatic heterocycles. The van der Waals surface area contributed by atoms with Crippen molar-refractivity contribution in [2.45, 2.75) is 39.7 Å². The third-order valence-electron chi connectivity index (χ3n) is 2.67. The van der Waals surface area contributed by atoms with Crippen LogP contribution in [0, 0.1) is 13.8 Å². The van der Waals surface area contributed by atoms with Crippen LogP contribution in [0.2, 0.25) is 0 Å². The van der Waals surface area contributed by atoms with Crippen molar-refractivity contribution in [3.63, 3.8) is 0 Å². The maximum Gasteiger partial charge on any atom is 0.254 e. The van der Waals surface area contributed by atoms with Crippen LogP contribution in [0.5, 0.6) is 0 Å². The molecule has 3 N–H and O–H groups in total. The summed E-state index contributed by atoms with van der Waals surface area (Å²) in [5, 5.41) is 0. The molecule has 0 radical (unpaired) electrons. The predicted octanol–water partition coefficient (Wildman–Crippen LogP) is 0.971. The van der Waals surface area contributed by atoms with Crippen molar-refractivity contribution in [3.05, 3.63) is 27.4 Å². The average Bonchev–Trinajstić information content (AvgIpc) is 2.13. The largest absolute Gasteiger partial charge is 0.319 e. The number of aromatic amines is 1. The van der Waals surface area contributed by atoms with E-state index in [-0.39, 0.29) is 5.56 Å². The standard InChI is InChI=1S/C10H17N3O/c1-5-10(4,11)9-12-7(3)6(2)8(14)13-9/h5,11H2,1-4H3,(H,12,13,14)/t10-/m0/s1. The SMILES string of the molecule is CC[C@](C)(N)c1nc(C)c(C)c(=O)[nH]1. The van der Waals surface area contributed by atoms with E-state index in [9.17, 15) is 4.79 Å².